The Balaban J connectivity index is 1.53. The van der Waals surface area contributed by atoms with E-state index in [9.17, 15) is 4.79 Å². The highest BCUT2D eigenvalue weighted by Gasteiger charge is 2.11. The van der Waals surface area contributed by atoms with E-state index in [1.165, 1.54) is 0 Å². The first-order valence-corrected chi connectivity index (χ1v) is 8.92. The minimum absolute atomic E-state index is 0.0626. The zero-order valence-electron chi connectivity index (χ0n) is 15.0. The summed E-state index contributed by atoms with van der Waals surface area (Å²) in [5.41, 5.74) is 3.24. The van der Waals surface area contributed by atoms with E-state index < -0.39 is 5.97 Å². The van der Waals surface area contributed by atoms with Crippen molar-refractivity contribution in [3.8, 4) is 17.2 Å². The van der Waals surface area contributed by atoms with E-state index in [0.717, 1.165) is 22.0 Å². The topological polar surface area (TPSA) is 85.5 Å². The number of para-hydroxylation sites is 1. The van der Waals surface area contributed by atoms with Crippen LogP contribution in [0.1, 0.15) is 17.7 Å². The molecule has 0 bridgehead atoms. The van der Waals surface area contributed by atoms with Gasteiger partial charge in [0.1, 0.15) is 24.3 Å². The van der Waals surface area contributed by atoms with Gasteiger partial charge in [-0.3, -0.25) is 9.78 Å². The fourth-order valence-corrected chi connectivity index (χ4v) is 3.02. The number of ether oxygens (including phenoxy) is 1. The van der Waals surface area contributed by atoms with E-state index >= 15 is 0 Å². The van der Waals surface area contributed by atoms with Crippen LogP contribution in [0.25, 0.3) is 22.4 Å². The molecule has 0 radical (unpaired) electrons. The van der Waals surface area contributed by atoms with Crippen LogP contribution in [0.3, 0.4) is 0 Å². The van der Waals surface area contributed by atoms with Crippen LogP contribution in [0.2, 0.25) is 0 Å². The molecule has 0 aliphatic carbocycles. The molecule has 6 heteroatoms. The van der Waals surface area contributed by atoms with Crippen LogP contribution >= 0.6 is 0 Å². The number of nitrogens with zero attached hydrogens (tertiary/aromatic N) is 2. The first kappa shape index (κ1) is 17.7. The number of carbonyl (C=O) groups is 1. The van der Waals surface area contributed by atoms with Gasteiger partial charge in [0, 0.05) is 23.6 Å². The lowest BCUT2D eigenvalue weighted by Gasteiger charge is -2.10. The molecule has 0 saturated carbocycles. The molecule has 140 valence electrons. The predicted octanol–water partition coefficient (Wildman–Crippen LogP) is 4.49. The molecule has 4 rings (SSSR count). The number of pyridine rings is 1. The maximum absolute atomic E-state index is 10.9. The molecule has 0 fully saturated rings. The number of hydrogen-bond donors (Lipinski definition) is 1. The summed E-state index contributed by atoms with van der Waals surface area (Å²) in [5, 5.41) is 9.78. The van der Waals surface area contributed by atoms with Gasteiger partial charge in [-0.05, 0) is 36.2 Å². The average molecular weight is 374 g/mol. The lowest BCUT2D eigenvalue weighted by atomic mass is 10.0. The second kappa shape index (κ2) is 7.92. The van der Waals surface area contributed by atoms with Crippen molar-refractivity contribution in [2.45, 2.75) is 19.4 Å². The molecule has 0 unspecified atom stereocenters. The maximum Gasteiger partial charge on any atom is 0.303 e. The van der Waals surface area contributed by atoms with Crippen molar-refractivity contribution in [2.24, 2.45) is 0 Å². The number of aryl methyl sites for hydroxylation is 1. The van der Waals surface area contributed by atoms with E-state index in [-0.39, 0.29) is 13.0 Å². The number of hydrogen-bond acceptors (Lipinski definition) is 5. The second-order valence-corrected chi connectivity index (χ2v) is 6.31. The Bertz CT molecular complexity index is 1110. The van der Waals surface area contributed by atoms with Gasteiger partial charge in [0.05, 0.1) is 5.52 Å². The molecule has 28 heavy (non-hydrogen) atoms. The molecule has 0 aliphatic rings. The minimum Gasteiger partial charge on any atom is -0.486 e. The van der Waals surface area contributed by atoms with Crippen LogP contribution in [0.4, 0.5) is 0 Å². The molecule has 4 aromatic rings. The standard InChI is InChI=1S/C22H18N2O4/c25-20(26)10-9-15-7-4-8-18-19(11-12-23-21(15)18)27-13-17-14-28-22(24-17)16-5-2-1-3-6-16/h1-8,11-12,14H,9-10,13H2,(H,25,26). The fourth-order valence-electron chi connectivity index (χ4n) is 3.02. The molecular weight excluding hydrogens is 356 g/mol. The number of aromatic nitrogens is 2. The Kier molecular flexibility index (Phi) is 5.01. The van der Waals surface area contributed by atoms with Crippen molar-refractivity contribution in [2.75, 3.05) is 0 Å². The monoisotopic (exact) mass is 374 g/mol. The molecule has 1 N–H and O–H groups in total. The molecule has 0 saturated heterocycles. The van der Waals surface area contributed by atoms with Crippen LogP contribution in [0, 0.1) is 0 Å². The van der Waals surface area contributed by atoms with Crippen molar-refractivity contribution in [3.63, 3.8) is 0 Å². The Hall–Kier alpha value is -3.67. The number of benzene rings is 2. The molecule has 0 amide bonds. The zero-order chi connectivity index (χ0) is 19.3. The predicted molar refractivity (Wildman–Crippen MR) is 104 cm³/mol. The van der Waals surface area contributed by atoms with Crippen molar-refractivity contribution < 1.29 is 19.1 Å². The normalized spacial score (nSPS) is 10.9. The van der Waals surface area contributed by atoms with E-state index in [1.807, 2.05) is 48.5 Å². The zero-order valence-corrected chi connectivity index (χ0v) is 15.0. The first-order valence-electron chi connectivity index (χ1n) is 8.92. The lowest BCUT2D eigenvalue weighted by molar-refractivity contribution is -0.136. The van der Waals surface area contributed by atoms with Gasteiger partial charge in [-0.2, -0.15) is 0 Å². The van der Waals surface area contributed by atoms with Crippen molar-refractivity contribution in [3.05, 3.63) is 78.3 Å². The Morgan fingerprint density at radius 1 is 1.07 bits per heavy atom. The molecule has 2 aromatic heterocycles. The average Bonchev–Trinajstić information content (AvgIpc) is 3.20. The third-order valence-corrected chi connectivity index (χ3v) is 4.37. The molecular formula is C22H18N2O4. The molecule has 2 aromatic carbocycles. The second-order valence-electron chi connectivity index (χ2n) is 6.31. The summed E-state index contributed by atoms with van der Waals surface area (Å²) >= 11 is 0. The molecule has 6 nitrogen and oxygen atoms in total. The van der Waals surface area contributed by atoms with E-state index in [2.05, 4.69) is 9.97 Å². The van der Waals surface area contributed by atoms with Gasteiger partial charge in [-0.1, -0.05) is 30.3 Å². The summed E-state index contributed by atoms with van der Waals surface area (Å²) in [4.78, 5) is 19.8. The summed E-state index contributed by atoms with van der Waals surface area (Å²) < 4.78 is 11.5. The number of carboxylic acid groups (broad SMARTS) is 1. The number of carboxylic acids is 1. The number of rotatable bonds is 7. The van der Waals surface area contributed by atoms with E-state index in [1.54, 1.807) is 18.5 Å². The molecule has 0 spiro atoms. The van der Waals surface area contributed by atoms with Gasteiger partial charge in [-0.15, -0.1) is 0 Å². The Morgan fingerprint density at radius 3 is 2.75 bits per heavy atom. The van der Waals surface area contributed by atoms with Gasteiger partial charge in [-0.25, -0.2) is 4.98 Å². The number of oxazole rings is 1. The minimum atomic E-state index is -0.829. The third-order valence-electron chi connectivity index (χ3n) is 4.37. The molecule has 2 heterocycles. The van der Waals surface area contributed by atoms with Crippen LogP contribution < -0.4 is 4.74 Å². The Morgan fingerprint density at radius 2 is 1.93 bits per heavy atom. The van der Waals surface area contributed by atoms with Crippen molar-refractivity contribution >= 4 is 16.9 Å². The highest BCUT2D eigenvalue weighted by Crippen LogP contribution is 2.28. The Labute approximate surface area is 161 Å². The SMILES string of the molecule is O=C(O)CCc1cccc2c(OCc3coc(-c4ccccc4)n3)ccnc12. The van der Waals surface area contributed by atoms with Gasteiger partial charge in [0.25, 0.3) is 0 Å². The first-order chi connectivity index (χ1) is 13.7. The van der Waals surface area contributed by atoms with Crippen molar-refractivity contribution in [1.82, 2.24) is 9.97 Å². The summed E-state index contributed by atoms with van der Waals surface area (Å²) in [6.07, 6.45) is 3.74. The quantitative estimate of drug-likeness (QED) is 0.513. The van der Waals surface area contributed by atoms with Crippen LogP contribution in [-0.4, -0.2) is 21.0 Å². The lowest BCUT2D eigenvalue weighted by Crippen LogP contribution is -2.00. The van der Waals surface area contributed by atoms with Crippen molar-refractivity contribution in [1.29, 1.82) is 0 Å². The summed E-state index contributed by atoms with van der Waals surface area (Å²) in [6, 6.07) is 17.2. The molecule has 0 aliphatic heterocycles. The summed E-state index contributed by atoms with van der Waals surface area (Å²) in [6.45, 7) is 0.259. The van der Waals surface area contributed by atoms with Gasteiger partial charge in [0.15, 0.2) is 0 Å². The highest BCUT2D eigenvalue weighted by atomic mass is 16.5. The van der Waals surface area contributed by atoms with Gasteiger partial charge >= 0.3 is 5.97 Å². The largest absolute Gasteiger partial charge is 0.486 e. The smallest absolute Gasteiger partial charge is 0.303 e. The maximum atomic E-state index is 10.9. The van der Waals surface area contributed by atoms with E-state index in [4.69, 9.17) is 14.3 Å². The third kappa shape index (κ3) is 3.86. The number of fused-ring (bicyclic) bond motifs is 1. The van der Waals surface area contributed by atoms with E-state index in [0.29, 0.717) is 23.8 Å². The fraction of sp³-hybridized carbons (Fsp3) is 0.136. The molecule has 0 atom stereocenters. The van der Waals surface area contributed by atoms with Crippen LogP contribution in [0.5, 0.6) is 5.75 Å². The summed E-state index contributed by atoms with van der Waals surface area (Å²) in [7, 11) is 0. The summed E-state index contributed by atoms with van der Waals surface area (Å²) in [5.74, 6) is 0.394. The number of aliphatic carboxylic acids is 1. The highest BCUT2D eigenvalue weighted by molar-refractivity contribution is 5.87. The van der Waals surface area contributed by atoms with Gasteiger partial charge < -0.3 is 14.3 Å². The van der Waals surface area contributed by atoms with Crippen LogP contribution in [0.15, 0.2) is 71.5 Å². The van der Waals surface area contributed by atoms with Crippen LogP contribution in [-0.2, 0) is 17.8 Å². The van der Waals surface area contributed by atoms with Gasteiger partial charge in [0.2, 0.25) is 5.89 Å².